The van der Waals surface area contributed by atoms with Crippen LogP contribution >= 0.6 is 15.6 Å². The van der Waals surface area contributed by atoms with Crippen molar-refractivity contribution in [3.63, 3.8) is 0 Å². The van der Waals surface area contributed by atoms with Gasteiger partial charge in [-0.15, -0.1) is 0 Å². The van der Waals surface area contributed by atoms with Crippen molar-refractivity contribution >= 4 is 21.6 Å². The smallest absolute Gasteiger partial charge is 0.387 e. The average molecular weight is 415 g/mol. The Morgan fingerprint density at radius 2 is 1.92 bits per heavy atom. The molecule has 1 fully saturated rings. The number of amides is 1. The molecule has 0 radical (unpaired) electrons. The molecule has 0 bridgehead atoms. The Morgan fingerprint density at radius 3 is 2.50 bits per heavy atom. The number of ether oxygens (including phenoxy) is 1. The molecule has 0 saturated carbocycles. The Morgan fingerprint density at radius 1 is 1.27 bits per heavy atom. The van der Waals surface area contributed by atoms with E-state index in [-0.39, 0.29) is 5.56 Å². The number of aliphatic hydroxyl groups is 2. The number of phosphoric acid groups is 2. The van der Waals surface area contributed by atoms with E-state index in [2.05, 4.69) is 8.83 Å². The Labute approximate surface area is 146 Å². The highest BCUT2D eigenvalue weighted by molar-refractivity contribution is 7.60. The van der Waals surface area contributed by atoms with E-state index in [1.165, 1.54) is 29.1 Å². The second-order valence-electron chi connectivity index (χ2n) is 5.29. The third kappa shape index (κ3) is 5.38. The monoisotopic (exact) mass is 415 g/mol. The molecule has 2 heterocycles. The number of phosphoric ester groups is 1. The van der Waals surface area contributed by atoms with Crippen LogP contribution in [0.3, 0.4) is 0 Å². The predicted octanol–water partition coefficient (Wildman–Crippen LogP) is -2.08. The van der Waals surface area contributed by atoms with Crippen molar-refractivity contribution in [2.75, 3.05) is 6.61 Å². The van der Waals surface area contributed by atoms with Crippen LogP contribution in [0, 0.1) is 0 Å². The maximum atomic E-state index is 11.4. The summed E-state index contributed by atoms with van der Waals surface area (Å²) in [5, 5.41) is 20.0. The number of primary amides is 1. The molecule has 1 aromatic rings. The van der Waals surface area contributed by atoms with Crippen LogP contribution in [0.4, 0.5) is 0 Å². The maximum absolute atomic E-state index is 11.4. The van der Waals surface area contributed by atoms with Crippen LogP contribution in [0.2, 0.25) is 0 Å². The van der Waals surface area contributed by atoms with Gasteiger partial charge in [0, 0.05) is 6.07 Å². The van der Waals surface area contributed by atoms with Gasteiger partial charge in [0.2, 0.25) is 0 Å². The fourth-order valence-corrected chi connectivity index (χ4v) is 3.83. The number of hydrogen-bond donors (Lipinski definition) is 6. The van der Waals surface area contributed by atoms with Crippen LogP contribution in [0.1, 0.15) is 16.6 Å². The Kier molecular flexibility index (Phi) is 6.31. The van der Waals surface area contributed by atoms with Crippen molar-refractivity contribution in [3.8, 4) is 0 Å². The first-order valence-corrected chi connectivity index (χ1v) is 9.98. The van der Waals surface area contributed by atoms with E-state index >= 15 is 0 Å². The summed E-state index contributed by atoms with van der Waals surface area (Å²) in [6, 6.07) is 2.86. The Balaban J connectivity index is 2.08. The van der Waals surface area contributed by atoms with Gasteiger partial charge in [-0.05, 0) is 6.07 Å². The predicted molar refractivity (Wildman–Crippen MR) is 80.0 cm³/mol. The standard InChI is InChI=1S/C11H16N2O11P2/c12-10(16)6-2-1-3-13(4-6)11-9(15)8(14)7(23-11)5-22-26(20,21)24-25(17,18)19/h1-4,7-9,11,14-15H,5H2,(H4-,12,16,17,18,19,20,21)/p+1/t7-,8+,9-,11+/m0/s1. The van der Waals surface area contributed by atoms with Gasteiger partial charge in [-0.25, -0.2) is 9.13 Å². The molecule has 146 valence electrons. The molecule has 1 aliphatic heterocycles. The summed E-state index contributed by atoms with van der Waals surface area (Å²) in [6.45, 7) is -0.821. The molecule has 13 nitrogen and oxygen atoms in total. The molecular formula is C11H17N2O11P2+. The Hall–Kier alpha value is -1.24. The fraction of sp³-hybridized carbons (Fsp3) is 0.455. The molecule has 0 spiro atoms. The van der Waals surface area contributed by atoms with Crippen LogP contribution in [0.5, 0.6) is 0 Å². The number of hydrogen-bond acceptors (Lipinski definition) is 8. The summed E-state index contributed by atoms with van der Waals surface area (Å²) in [5.74, 6) is -0.733. The van der Waals surface area contributed by atoms with Crippen molar-refractivity contribution in [1.82, 2.24) is 0 Å². The third-order valence-electron chi connectivity index (χ3n) is 3.35. The van der Waals surface area contributed by atoms with Crippen molar-refractivity contribution in [2.45, 2.75) is 24.5 Å². The van der Waals surface area contributed by atoms with Crippen molar-refractivity contribution < 1.29 is 57.0 Å². The van der Waals surface area contributed by atoms with E-state index < -0.39 is 52.7 Å². The zero-order valence-electron chi connectivity index (χ0n) is 12.9. The zero-order valence-corrected chi connectivity index (χ0v) is 14.7. The summed E-state index contributed by atoms with van der Waals surface area (Å²) in [5.41, 5.74) is 5.26. The van der Waals surface area contributed by atoms with Crippen LogP contribution in [0.25, 0.3) is 0 Å². The molecule has 15 heteroatoms. The molecule has 1 amide bonds. The van der Waals surface area contributed by atoms with Crippen LogP contribution < -0.4 is 10.3 Å². The van der Waals surface area contributed by atoms with E-state index in [1.54, 1.807) is 0 Å². The minimum absolute atomic E-state index is 0.104. The molecule has 0 aliphatic carbocycles. The zero-order chi connectivity index (χ0) is 19.7. The largest absolute Gasteiger partial charge is 0.481 e. The first-order valence-electron chi connectivity index (χ1n) is 6.96. The molecule has 7 N–H and O–H groups in total. The molecule has 26 heavy (non-hydrogen) atoms. The highest BCUT2D eigenvalue weighted by Gasteiger charge is 2.49. The highest BCUT2D eigenvalue weighted by Crippen LogP contribution is 2.57. The number of nitrogens with zero attached hydrogens (tertiary/aromatic N) is 1. The number of carbonyl (C=O) groups excluding carboxylic acids is 1. The third-order valence-corrected chi connectivity index (χ3v) is 5.50. The molecule has 5 atom stereocenters. The molecule has 1 unspecified atom stereocenters. The summed E-state index contributed by atoms with van der Waals surface area (Å²) in [6.07, 6.45) is -2.90. The van der Waals surface area contributed by atoms with E-state index in [0.29, 0.717) is 0 Å². The average Bonchev–Trinajstić information content (AvgIpc) is 2.79. The number of aromatic nitrogens is 1. The van der Waals surface area contributed by atoms with Gasteiger partial charge in [-0.2, -0.15) is 8.88 Å². The van der Waals surface area contributed by atoms with Gasteiger partial charge in [0.15, 0.2) is 18.5 Å². The van der Waals surface area contributed by atoms with Gasteiger partial charge in [0.05, 0.1) is 6.61 Å². The van der Waals surface area contributed by atoms with E-state index in [4.69, 9.17) is 20.3 Å². The van der Waals surface area contributed by atoms with Crippen molar-refractivity contribution in [2.24, 2.45) is 5.73 Å². The van der Waals surface area contributed by atoms with E-state index in [1.807, 2.05) is 0 Å². The maximum Gasteiger partial charge on any atom is 0.481 e. The Bertz CT molecular complexity index is 768. The molecular weight excluding hydrogens is 398 g/mol. The van der Waals surface area contributed by atoms with Gasteiger partial charge < -0.3 is 35.4 Å². The minimum Gasteiger partial charge on any atom is -0.387 e. The number of aliphatic hydroxyl groups excluding tert-OH is 2. The summed E-state index contributed by atoms with van der Waals surface area (Å²) in [7, 11) is -10.4. The van der Waals surface area contributed by atoms with E-state index in [0.717, 1.165) is 0 Å². The molecule has 2 rings (SSSR count). The van der Waals surface area contributed by atoms with Crippen LogP contribution in [-0.2, 0) is 22.7 Å². The topological polar surface area (TPSA) is 210 Å². The first-order chi connectivity index (χ1) is 11.9. The van der Waals surface area contributed by atoms with Gasteiger partial charge in [0.25, 0.3) is 12.1 Å². The lowest BCUT2D eigenvalue weighted by Gasteiger charge is -2.16. The molecule has 1 aliphatic rings. The summed E-state index contributed by atoms with van der Waals surface area (Å²) in [4.78, 5) is 37.4. The quantitative estimate of drug-likeness (QED) is 0.210. The lowest BCUT2D eigenvalue weighted by atomic mass is 10.1. The van der Waals surface area contributed by atoms with Crippen molar-refractivity contribution in [3.05, 3.63) is 30.1 Å². The molecule has 1 saturated heterocycles. The van der Waals surface area contributed by atoms with Crippen LogP contribution in [-0.4, -0.2) is 55.7 Å². The number of carbonyl (C=O) groups is 1. The van der Waals surface area contributed by atoms with Gasteiger partial charge in [0.1, 0.15) is 17.8 Å². The highest BCUT2D eigenvalue weighted by atomic mass is 31.3. The second kappa shape index (κ2) is 7.79. The van der Waals surface area contributed by atoms with Crippen molar-refractivity contribution in [1.29, 1.82) is 0 Å². The molecule has 0 aromatic carbocycles. The number of nitrogens with two attached hydrogens (primary N) is 1. The van der Waals surface area contributed by atoms with E-state index in [9.17, 15) is 29.0 Å². The lowest BCUT2D eigenvalue weighted by Crippen LogP contribution is -2.46. The van der Waals surface area contributed by atoms with Gasteiger partial charge >= 0.3 is 15.6 Å². The summed E-state index contributed by atoms with van der Waals surface area (Å²) >= 11 is 0. The minimum atomic E-state index is -5.29. The fourth-order valence-electron chi connectivity index (χ4n) is 2.24. The normalized spacial score (nSPS) is 28.7. The molecule has 1 aromatic heterocycles. The first kappa shape index (κ1) is 21.1. The SMILES string of the molecule is NC(=O)c1ccc[n+]([C@@H]2O[C@@H](COP(=O)(O)OP(=O)(O)O)[C@@H](O)[C@@H]2O)c1. The van der Waals surface area contributed by atoms with Crippen LogP contribution in [0.15, 0.2) is 24.5 Å². The summed E-state index contributed by atoms with van der Waals surface area (Å²) < 4.78 is 36.5. The van der Waals surface area contributed by atoms with Gasteiger partial charge in [-0.3, -0.25) is 9.32 Å². The lowest BCUT2D eigenvalue weighted by molar-refractivity contribution is -0.765. The number of rotatable bonds is 7. The van der Waals surface area contributed by atoms with Gasteiger partial charge in [-0.1, -0.05) is 0 Å². The second-order valence-corrected chi connectivity index (χ2v) is 8.12. The number of pyridine rings is 1.